The summed E-state index contributed by atoms with van der Waals surface area (Å²) in [6.07, 6.45) is 5.16. The Hall–Kier alpha value is -1.82. The van der Waals surface area contributed by atoms with Crippen LogP contribution in [0, 0.1) is 11.3 Å². The SMILES string of the molecule is CCn1c(C2CCCC2)nc2cc(C#N)ccc21. The quantitative estimate of drug-likeness (QED) is 0.803. The molecule has 1 aromatic heterocycles. The second kappa shape index (κ2) is 4.45. The summed E-state index contributed by atoms with van der Waals surface area (Å²) in [6, 6.07) is 8.00. The van der Waals surface area contributed by atoms with Crippen molar-refractivity contribution in [2.24, 2.45) is 0 Å². The van der Waals surface area contributed by atoms with Crippen LogP contribution in [0.3, 0.4) is 0 Å². The van der Waals surface area contributed by atoms with Crippen molar-refractivity contribution in [3.63, 3.8) is 0 Å². The summed E-state index contributed by atoms with van der Waals surface area (Å²) in [5.74, 6) is 1.84. The van der Waals surface area contributed by atoms with Gasteiger partial charge in [-0.25, -0.2) is 4.98 Å². The molecule has 0 saturated heterocycles. The van der Waals surface area contributed by atoms with E-state index in [0.29, 0.717) is 11.5 Å². The van der Waals surface area contributed by atoms with Gasteiger partial charge in [-0.1, -0.05) is 12.8 Å². The first kappa shape index (κ1) is 11.3. The second-order valence-corrected chi connectivity index (χ2v) is 5.01. The van der Waals surface area contributed by atoms with Crippen LogP contribution in [0.1, 0.15) is 49.9 Å². The van der Waals surface area contributed by atoms with Gasteiger partial charge in [-0.2, -0.15) is 5.26 Å². The lowest BCUT2D eigenvalue weighted by atomic mass is 10.1. The number of aromatic nitrogens is 2. The maximum atomic E-state index is 8.96. The average Bonchev–Trinajstić information content (AvgIpc) is 3.04. The Morgan fingerprint density at radius 2 is 2.17 bits per heavy atom. The molecule has 1 aromatic carbocycles. The monoisotopic (exact) mass is 239 g/mol. The minimum Gasteiger partial charge on any atom is -0.328 e. The summed E-state index contributed by atoms with van der Waals surface area (Å²) >= 11 is 0. The molecule has 3 rings (SSSR count). The van der Waals surface area contributed by atoms with Gasteiger partial charge in [0, 0.05) is 12.5 Å². The Bertz CT molecular complexity index is 612. The van der Waals surface area contributed by atoms with Crippen LogP contribution < -0.4 is 0 Å². The van der Waals surface area contributed by atoms with Gasteiger partial charge >= 0.3 is 0 Å². The fourth-order valence-corrected chi connectivity index (χ4v) is 3.05. The molecule has 1 aliphatic carbocycles. The fourth-order valence-electron chi connectivity index (χ4n) is 3.05. The predicted octanol–water partition coefficient (Wildman–Crippen LogP) is 3.59. The largest absolute Gasteiger partial charge is 0.328 e. The van der Waals surface area contributed by atoms with Crippen LogP contribution in [0.25, 0.3) is 11.0 Å². The zero-order chi connectivity index (χ0) is 12.5. The van der Waals surface area contributed by atoms with Crippen LogP contribution in [0.5, 0.6) is 0 Å². The molecule has 0 atom stereocenters. The Morgan fingerprint density at radius 3 is 2.83 bits per heavy atom. The molecule has 0 bridgehead atoms. The fraction of sp³-hybridized carbons (Fsp3) is 0.467. The summed E-state index contributed by atoms with van der Waals surface area (Å²) in [6.45, 7) is 3.12. The number of nitrogens with zero attached hydrogens (tertiary/aromatic N) is 3. The van der Waals surface area contributed by atoms with Gasteiger partial charge in [-0.3, -0.25) is 0 Å². The Labute approximate surface area is 107 Å². The van der Waals surface area contributed by atoms with Crippen LogP contribution in [0.2, 0.25) is 0 Å². The molecule has 0 radical (unpaired) electrons. The number of hydrogen-bond donors (Lipinski definition) is 0. The number of benzene rings is 1. The predicted molar refractivity (Wildman–Crippen MR) is 71.3 cm³/mol. The molecule has 1 aliphatic rings. The highest BCUT2D eigenvalue weighted by molar-refractivity contribution is 5.78. The standard InChI is InChI=1S/C15H17N3/c1-2-18-14-8-7-11(10-16)9-13(14)17-15(18)12-5-3-4-6-12/h7-9,12H,2-6H2,1H3. The third kappa shape index (κ3) is 1.69. The maximum Gasteiger partial charge on any atom is 0.112 e. The van der Waals surface area contributed by atoms with E-state index in [-0.39, 0.29) is 0 Å². The minimum absolute atomic E-state index is 0.614. The van der Waals surface area contributed by atoms with Crippen LogP contribution in [0.4, 0.5) is 0 Å². The molecule has 2 aromatic rings. The molecule has 1 heterocycles. The Kier molecular flexibility index (Phi) is 2.79. The number of aryl methyl sites for hydroxylation is 1. The highest BCUT2D eigenvalue weighted by Gasteiger charge is 2.23. The van der Waals surface area contributed by atoms with E-state index in [9.17, 15) is 0 Å². The number of nitriles is 1. The minimum atomic E-state index is 0.614. The lowest BCUT2D eigenvalue weighted by molar-refractivity contribution is 0.609. The zero-order valence-corrected chi connectivity index (χ0v) is 10.7. The van der Waals surface area contributed by atoms with Crippen molar-refractivity contribution in [1.29, 1.82) is 5.26 Å². The lowest BCUT2D eigenvalue weighted by Gasteiger charge is -2.11. The first-order valence-electron chi connectivity index (χ1n) is 6.73. The molecule has 18 heavy (non-hydrogen) atoms. The van der Waals surface area contributed by atoms with Crippen LogP contribution in [0.15, 0.2) is 18.2 Å². The molecular weight excluding hydrogens is 222 g/mol. The van der Waals surface area contributed by atoms with E-state index in [4.69, 9.17) is 10.2 Å². The Morgan fingerprint density at radius 1 is 1.39 bits per heavy atom. The van der Waals surface area contributed by atoms with E-state index in [1.54, 1.807) is 0 Å². The van der Waals surface area contributed by atoms with Gasteiger partial charge in [0.2, 0.25) is 0 Å². The number of fused-ring (bicyclic) bond motifs is 1. The highest BCUT2D eigenvalue weighted by Crippen LogP contribution is 2.35. The van der Waals surface area contributed by atoms with Gasteiger partial charge in [0.1, 0.15) is 5.82 Å². The van der Waals surface area contributed by atoms with Gasteiger partial charge in [-0.05, 0) is 38.0 Å². The van der Waals surface area contributed by atoms with Crippen molar-refractivity contribution in [3.05, 3.63) is 29.6 Å². The zero-order valence-electron chi connectivity index (χ0n) is 10.7. The maximum absolute atomic E-state index is 8.96. The summed E-state index contributed by atoms with van der Waals surface area (Å²) in [5, 5.41) is 8.96. The molecule has 0 N–H and O–H groups in total. The molecule has 1 saturated carbocycles. The van der Waals surface area contributed by atoms with E-state index in [1.807, 2.05) is 18.2 Å². The smallest absolute Gasteiger partial charge is 0.112 e. The molecular formula is C15H17N3. The molecule has 0 spiro atoms. The van der Waals surface area contributed by atoms with Crippen molar-refractivity contribution in [2.45, 2.75) is 45.1 Å². The molecule has 0 aliphatic heterocycles. The van der Waals surface area contributed by atoms with Crippen molar-refractivity contribution in [2.75, 3.05) is 0 Å². The van der Waals surface area contributed by atoms with Crippen molar-refractivity contribution in [3.8, 4) is 6.07 Å². The molecule has 3 nitrogen and oxygen atoms in total. The average molecular weight is 239 g/mol. The molecule has 92 valence electrons. The summed E-state index contributed by atoms with van der Waals surface area (Å²) < 4.78 is 2.31. The Balaban J connectivity index is 2.16. The highest BCUT2D eigenvalue weighted by atomic mass is 15.1. The van der Waals surface area contributed by atoms with Crippen molar-refractivity contribution in [1.82, 2.24) is 9.55 Å². The first-order chi connectivity index (χ1) is 8.83. The van der Waals surface area contributed by atoms with Gasteiger partial charge in [0.25, 0.3) is 0 Å². The van der Waals surface area contributed by atoms with Crippen LogP contribution in [-0.2, 0) is 6.54 Å². The van der Waals surface area contributed by atoms with E-state index >= 15 is 0 Å². The molecule has 0 amide bonds. The summed E-state index contributed by atoms with van der Waals surface area (Å²) in [4.78, 5) is 4.79. The van der Waals surface area contributed by atoms with Crippen molar-refractivity contribution < 1.29 is 0 Å². The lowest BCUT2D eigenvalue weighted by Crippen LogP contribution is -2.05. The molecule has 1 fully saturated rings. The first-order valence-corrected chi connectivity index (χ1v) is 6.73. The summed E-state index contributed by atoms with van der Waals surface area (Å²) in [7, 11) is 0. The second-order valence-electron chi connectivity index (χ2n) is 5.01. The topological polar surface area (TPSA) is 41.6 Å². The number of hydrogen-bond acceptors (Lipinski definition) is 2. The van der Waals surface area contributed by atoms with E-state index < -0.39 is 0 Å². The van der Waals surface area contributed by atoms with Crippen molar-refractivity contribution >= 4 is 11.0 Å². The van der Waals surface area contributed by atoms with E-state index in [1.165, 1.54) is 37.0 Å². The van der Waals surface area contributed by atoms with Gasteiger partial charge < -0.3 is 4.57 Å². The molecule has 3 heteroatoms. The van der Waals surface area contributed by atoms with Gasteiger partial charge in [0.05, 0.1) is 22.7 Å². The number of rotatable bonds is 2. The molecule has 0 unspecified atom stereocenters. The summed E-state index contributed by atoms with van der Waals surface area (Å²) in [5.41, 5.74) is 2.83. The third-order valence-electron chi connectivity index (χ3n) is 3.94. The van der Waals surface area contributed by atoms with E-state index in [0.717, 1.165) is 12.1 Å². The third-order valence-corrected chi connectivity index (χ3v) is 3.94. The van der Waals surface area contributed by atoms with E-state index in [2.05, 4.69) is 17.6 Å². The normalized spacial score (nSPS) is 16.2. The van der Waals surface area contributed by atoms with Gasteiger partial charge in [-0.15, -0.1) is 0 Å². The van der Waals surface area contributed by atoms with Crippen LogP contribution >= 0.6 is 0 Å². The van der Waals surface area contributed by atoms with Crippen LogP contribution in [-0.4, -0.2) is 9.55 Å². The number of imidazole rings is 1. The van der Waals surface area contributed by atoms with Gasteiger partial charge in [0.15, 0.2) is 0 Å².